The number of hydrogen-bond donors (Lipinski definition) is 1. The van der Waals surface area contributed by atoms with Gasteiger partial charge in [-0.1, -0.05) is 12.1 Å². The molecule has 9 heteroatoms. The number of nitrogens with one attached hydrogen (secondary N) is 1. The molecule has 0 bridgehead atoms. The first-order valence-electron chi connectivity index (χ1n) is 9.63. The van der Waals surface area contributed by atoms with Gasteiger partial charge in [0.05, 0.1) is 11.3 Å². The summed E-state index contributed by atoms with van der Waals surface area (Å²) in [5.41, 5.74) is 2.55. The molecule has 0 saturated carbocycles. The molecule has 1 amide bonds. The molecule has 32 heavy (non-hydrogen) atoms. The molecule has 162 valence electrons. The van der Waals surface area contributed by atoms with E-state index in [0.717, 1.165) is 28.8 Å². The number of nitrogens with zero attached hydrogens (tertiary/aromatic N) is 4. The zero-order chi connectivity index (χ0) is 22.9. The first-order valence-corrected chi connectivity index (χ1v) is 9.63. The number of pyridine rings is 2. The normalized spacial score (nSPS) is 11.4. The van der Waals surface area contributed by atoms with Gasteiger partial charge in [0.25, 0.3) is 5.91 Å². The van der Waals surface area contributed by atoms with E-state index < -0.39 is 17.6 Å². The monoisotopic (exact) mass is 437 g/mol. The van der Waals surface area contributed by atoms with Crippen LogP contribution in [-0.4, -0.2) is 25.4 Å². The summed E-state index contributed by atoms with van der Waals surface area (Å²) in [6.45, 7) is 3.61. The highest BCUT2D eigenvalue weighted by Gasteiger charge is 2.32. The van der Waals surface area contributed by atoms with Gasteiger partial charge in [-0.2, -0.15) is 13.2 Å². The van der Waals surface area contributed by atoms with Crippen LogP contribution in [0.3, 0.4) is 0 Å². The summed E-state index contributed by atoms with van der Waals surface area (Å²) in [6, 6.07) is 10.4. The van der Waals surface area contributed by atoms with Crippen LogP contribution in [0.4, 0.5) is 19.0 Å². The molecule has 0 spiro atoms. The predicted molar refractivity (Wildman–Crippen MR) is 113 cm³/mol. The molecule has 0 aliphatic heterocycles. The van der Waals surface area contributed by atoms with Gasteiger partial charge >= 0.3 is 6.18 Å². The predicted octanol–water partition coefficient (Wildman–Crippen LogP) is 5.22. The van der Waals surface area contributed by atoms with Crippen LogP contribution in [0.1, 0.15) is 27.2 Å². The Morgan fingerprint density at radius 2 is 1.91 bits per heavy atom. The number of carbonyl (C=O) groups is 1. The number of alkyl halides is 3. The van der Waals surface area contributed by atoms with Gasteiger partial charge in [0.15, 0.2) is 0 Å². The number of carbonyl (C=O) groups excluding carboxylic acids is 1. The summed E-state index contributed by atoms with van der Waals surface area (Å²) in [4.78, 5) is 25.1. The maximum Gasteiger partial charge on any atom is 0.416 e. The Bertz CT molecular complexity index is 1280. The van der Waals surface area contributed by atoms with Crippen LogP contribution in [0.5, 0.6) is 0 Å². The van der Waals surface area contributed by atoms with Crippen LogP contribution in [0.2, 0.25) is 0 Å². The number of halogens is 3. The lowest BCUT2D eigenvalue weighted by Gasteiger charge is -2.13. The van der Waals surface area contributed by atoms with Crippen molar-refractivity contribution in [2.24, 2.45) is 0 Å². The van der Waals surface area contributed by atoms with E-state index in [4.69, 9.17) is 0 Å². The van der Waals surface area contributed by atoms with E-state index in [1.165, 1.54) is 10.9 Å². The molecule has 0 saturated heterocycles. The van der Waals surface area contributed by atoms with Crippen LogP contribution < -0.4 is 5.32 Å². The van der Waals surface area contributed by atoms with E-state index in [-0.39, 0.29) is 17.2 Å². The van der Waals surface area contributed by atoms with Crippen LogP contribution in [0.25, 0.3) is 16.9 Å². The fraction of sp³-hybridized carbons (Fsp3) is 0.130. The van der Waals surface area contributed by atoms with Crippen LogP contribution in [-0.2, 0) is 6.18 Å². The fourth-order valence-electron chi connectivity index (χ4n) is 3.21. The molecule has 0 aliphatic rings. The van der Waals surface area contributed by atoms with Gasteiger partial charge < -0.3 is 5.32 Å². The molecular formula is C23H18F3N5O. The first-order chi connectivity index (χ1) is 15.2. The SMILES string of the molecule is Cc1cn(-c2cc(C(F)(F)F)cc(NC(=O)c3ccc(C)c(-c4cccnc4)c3)n2)cn1. The fourth-order valence-corrected chi connectivity index (χ4v) is 3.21. The van der Waals surface area contributed by atoms with Crippen molar-refractivity contribution < 1.29 is 18.0 Å². The molecule has 4 rings (SSSR count). The standard InChI is InChI=1S/C23H18F3N5O/c1-14-5-6-16(8-19(14)17-4-3-7-27-11-17)22(32)30-20-9-18(23(24,25)26)10-21(29-20)31-12-15(2)28-13-31/h3-13H,1-2H3,(H,29,30,32). The molecule has 0 unspecified atom stereocenters. The topological polar surface area (TPSA) is 72.7 Å². The van der Waals surface area contributed by atoms with E-state index in [2.05, 4.69) is 20.3 Å². The largest absolute Gasteiger partial charge is 0.416 e. The summed E-state index contributed by atoms with van der Waals surface area (Å²) in [5.74, 6) is -0.792. The quantitative estimate of drug-likeness (QED) is 0.475. The summed E-state index contributed by atoms with van der Waals surface area (Å²) >= 11 is 0. The van der Waals surface area contributed by atoms with Crippen molar-refractivity contribution in [1.29, 1.82) is 0 Å². The molecule has 1 N–H and O–H groups in total. The van der Waals surface area contributed by atoms with E-state index in [0.29, 0.717) is 5.69 Å². The zero-order valence-corrected chi connectivity index (χ0v) is 17.2. The van der Waals surface area contributed by atoms with Crippen LogP contribution in [0.15, 0.2) is 67.4 Å². The highest BCUT2D eigenvalue weighted by molar-refractivity contribution is 6.04. The number of amides is 1. The Labute approximate surface area is 181 Å². The number of rotatable bonds is 4. The van der Waals surface area contributed by atoms with E-state index >= 15 is 0 Å². The minimum Gasteiger partial charge on any atom is -0.306 e. The molecule has 3 heterocycles. The summed E-state index contributed by atoms with van der Waals surface area (Å²) in [6.07, 6.45) is 1.63. The van der Waals surface area contributed by atoms with Gasteiger partial charge in [-0.15, -0.1) is 0 Å². The van der Waals surface area contributed by atoms with Crippen molar-refractivity contribution >= 4 is 11.7 Å². The molecule has 0 fully saturated rings. The second-order valence-electron chi connectivity index (χ2n) is 7.24. The van der Waals surface area contributed by atoms with Gasteiger partial charge in [-0.05, 0) is 55.3 Å². The number of benzene rings is 1. The van der Waals surface area contributed by atoms with E-state index in [1.807, 2.05) is 13.0 Å². The highest BCUT2D eigenvalue weighted by atomic mass is 19.4. The number of aromatic nitrogens is 4. The third-order valence-corrected chi connectivity index (χ3v) is 4.83. The Balaban J connectivity index is 1.69. The maximum absolute atomic E-state index is 13.4. The van der Waals surface area contributed by atoms with Crippen molar-refractivity contribution in [3.63, 3.8) is 0 Å². The number of imidazole rings is 1. The maximum atomic E-state index is 13.4. The highest BCUT2D eigenvalue weighted by Crippen LogP contribution is 2.32. The Morgan fingerprint density at radius 3 is 2.56 bits per heavy atom. The molecule has 4 aromatic rings. The average Bonchev–Trinajstić information content (AvgIpc) is 3.20. The Kier molecular flexibility index (Phi) is 5.48. The van der Waals surface area contributed by atoms with E-state index in [9.17, 15) is 18.0 Å². The second kappa shape index (κ2) is 8.26. The molecule has 1 aromatic carbocycles. The molecule has 6 nitrogen and oxygen atoms in total. The zero-order valence-electron chi connectivity index (χ0n) is 17.2. The van der Waals surface area contributed by atoms with Gasteiger partial charge in [0.2, 0.25) is 0 Å². The van der Waals surface area contributed by atoms with Gasteiger partial charge in [0, 0.05) is 29.7 Å². The molecule has 0 aliphatic carbocycles. The van der Waals surface area contributed by atoms with Crippen LogP contribution in [0, 0.1) is 13.8 Å². The third kappa shape index (κ3) is 4.51. The molecule has 3 aromatic heterocycles. The number of hydrogen-bond acceptors (Lipinski definition) is 4. The second-order valence-corrected chi connectivity index (χ2v) is 7.24. The lowest BCUT2D eigenvalue weighted by atomic mass is 9.99. The van der Waals surface area contributed by atoms with Gasteiger partial charge in [-0.25, -0.2) is 9.97 Å². The van der Waals surface area contributed by atoms with Gasteiger partial charge in [0.1, 0.15) is 18.0 Å². The minimum atomic E-state index is -4.61. The first kappa shape index (κ1) is 21.2. The molecule has 0 radical (unpaired) electrons. The molecule has 0 atom stereocenters. The van der Waals surface area contributed by atoms with Gasteiger partial charge in [-0.3, -0.25) is 14.3 Å². The van der Waals surface area contributed by atoms with Crippen molar-refractivity contribution in [2.75, 3.05) is 5.32 Å². The summed E-state index contributed by atoms with van der Waals surface area (Å²) in [5, 5.41) is 2.49. The lowest BCUT2D eigenvalue weighted by molar-refractivity contribution is -0.137. The van der Waals surface area contributed by atoms with Crippen molar-refractivity contribution in [3.8, 4) is 16.9 Å². The minimum absolute atomic E-state index is 0.00400. The van der Waals surface area contributed by atoms with E-state index in [1.54, 1.807) is 49.8 Å². The summed E-state index contributed by atoms with van der Waals surface area (Å²) < 4.78 is 41.7. The van der Waals surface area contributed by atoms with Crippen molar-refractivity contribution in [1.82, 2.24) is 19.5 Å². The smallest absolute Gasteiger partial charge is 0.306 e. The number of anilines is 1. The third-order valence-electron chi connectivity index (χ3n) is 4.83. The van der Waals surface area contributed by atoms with Crippen molar-refractivity contribution in [3.05, 3.63) is 89.8 Å². The van der Waals surface area contributed by atoms with Crippen molar-refractivity contribution in [2.45, 2.75) is 20.0 Å². The summed E-state index contributed by atoms with van der Waals surface area (Å²) in [7, 11) is 0. The number of aryl methyl sites for hydroxylation is 2. The lowest BCUT2D eigenvalue weighted by Crippen LogP contribution is -2.16. The Hall–Kier alpha value is -4.01. The Morgan fingerprint density at radius 1 is 1.09 bits per heavy atom. The van der Waals surface area contributed by atoms with Crippen LogP contribution >= 0.6 is 0 Å². The average molecular weight is 437 g/mol. The molecular weight excluding hydrogens is 419 g/mol.